The van der Waals surface area contributed by atoms with E-state index < -0.39 is 0 Å². The minimum Gasteiger partial charge on any atom is -0.375 e. The van der Waals surface area contributed by atoms with Gasteiger partial charge in [0.15, 0.2) is 0 Å². The Labute approximate surface area is 130 Å². The lowest BCUT2D eigenvalue weighted by atomic mass is 10.1. The molecule has 2 fully saturated rings. The Morgan fingerprint density at radius 3 is 3.18 bits per heavy atom. The first-order chi connectivity index (χ1) is 10.8. The van der Waals surface area contributed by atoms with Crippen LogP contribution in [0.1, 0.15) is 18.4 Å². The molecule has 1 aromatic heterocycles. The zero-order valence-electron chi connectivity index (χ0n) is 12.8. The predicted octanol–water partition coefficient (Wildman–Crippen LogP) is 1.00. The van der Waals surface area contributed by atoms with Crippen molar-refractivity contribution in [2.75, 3.05) is 26.9 Å². The molecular weight excluding hydrogens is 284 g/mol. The molecule has 1 aliphatic heterocycles. The summed E-state index contributed by atoms with van der Waals surface area (Å²) < 4.78 is 16.9. The number of morpholine rings is 1. The smallest absolute Gasteiger partial charge is 0.248 e. The van der Waals surface area contributed by atoms with Crippen LogP contribution in [-0.2, 0) is 25.6 Å². The van der Waals surface area contributed by atoms with Crippen molar-refractivity contribution in [1.82, 2.24) is 9.88 Å². The fourth-order valence-electron chi connectivity index (χ4n) is 3.30. The lowest BCUT2D eigenvalue weighted by Gasteiger charge is -2.39. The zero-order valence-corrected chi connectivity index (χ0v) is 12.8. The van der Waals surface area contributed by atoms with Gasteiger partial charge in [0.25, 0.3) is 0 Å². The number of nitrogens with zero attached hydrogens (tertiary/aromatic N) is 2. The highest BCUT2D eigenvalue weighted by atomic mass is 16.5. The summed E-state index contributed by atoms with van der Waals surface area (Å²) >= 11 is 0. The fourth-order valence-corrected chi connectivity index (χ4v) is 3.30. The van der Waals surface area contributed by atoms with Gasteiger partial charge < -0.3 is 19.1 Å². The molecule has 0 spiro atoms. The SMILES string of the molecule is COCC(=O)N1CCO[C@@H]2[C@@H](OCc3cccnc3)CC[C@@H]21. The highest BCUT2D eigenvalue weighted by Gasteiger charge is 2.44. The molecule has 120 valence electrons. The summed E-state index contributed by atoms with van der Waals surface area (Å²) in [6.07, 6.45) is 5.38. The maximum Gasteiger partial charge on any atom is 0.248 e. The summed E-state index contributed by atoms with van der Waals surface area (Å²) in [5, 5.41) is 0. The number of hydrogen-bond acceptors (Lipinski definition) is 5. The van der Waals surface area contributed by atoms with E-state index in [9.17, 15) is 4.79 Å². The molecule has 1 saturated carbocycles. The number of carbonyl (C=O) groups is 1. The van der Waals surface area contributed by atoms with Gasteiger partial charge in [-0.1, -0.05) is 6.07 Å². The number of aromatic nitrogens is 1. The van der Waals surface area contributed by atoms with E-state index in [-0.39, 0.29) is 30.8 Å². The Morgan fingerprint density at radius 1 is 1.50 bits per heavy atom. The van der Waals surface area contributed by atoms with Gasteiger partial charge in [-0.2, -0.15) is 0 Å². The van der Waals surface area contributed by atoms with E-state index in [1.54, 1.807) is 13.3 Å². The van der Waals surface area contributed by atoms with E-state index in [4.69, 9.17) is 14.2 Å². The molecule has 1 saturated heterocycles. The number of pyridine rings is 1. The first-order valence-corrected chi connectivity index (χ1v) is 7.70. The van der Waals surface area contributed by atoms with E-state index in [2.05, 4.69) is 4.98 Å². The minimum atomic E-state index is -0.0359. The maximum atomic E-state index is 12.1. The van der Waals surface area contributed by atoms with E-state index in [0.29, 0.717) is 19.8 Å². The molecule has 3 atom stereocenters. The minimum absolute atomic E-state index is 0.0309. The highest BCUT2D eigenvalue weighted by molar-refractivity contribution is 5.78. The summed E-state index contributed by atoms with van der Waals surface area (Å²) in [7, 11) is 1.55. The topological polar surface area (TPSA) is 60.9 Å². The standard InChI is InChI=1S/C16H22N2O4/c1-20-11-15(19)18-7-8-21-16-13(18)4-5-14(16)22-10-12-3-2-6-17-9-12/h2-3,6,9,13-14,16H,4-5,7-8,10-11H2,1H3/t13-,14-,16-/m0/s1. The Hall–Kier alpha value is -1.50. The maximum absolute atomic E-state index is 12.1. The number of hydrogen-bond donors (Lipinski definition) is 0. The predicted molar refractivity (Wildman–Crippen MR) is 79.2 cm³/mol. The van der Waals surface area contributed by atoms with E-state index in [1.807, 2.05) is 23.2 Å². The monoisotopic (exact) mass is 306 g/mol. The van der Waals surface area contributed by atoms with Crippen molar-refractivity contribution in [3.05, 3.63) is 30.1 Å². The lowest BCUT2D eigenvalue weighted by molar-refractivity contribution is -0.155. The second-order valence-electron chi connectivity index (χ2n) is 5.71. The van der Waals surface area contributed by atoms with Crippen molar-refractivity contribution in [3.8, 4) is 0 Å². The third kappa shape index (κ3) is 3.29. The van der Waals surface area contributed by atoms with Gasteiger partial charge in [-0.25, -0.2) is 0 Å². The van der Waals surface area contributed by atoms with E-state index >= 15 is 0 Å². The third-order valence-corrected chi connectivity index (χ3v) is 4.31. The summed E-state index contributed by atoms with van der Waals surface area (Å²) in [5.74, 6) is 0.0358. The first kappa shape index (κ1) is 15.4. The molecule has 3 rings (SSSR count). The summed E-state index contributed by atoms with van der Waals surface area (Å²) in [6, 6.07) is 4.00. The van der Waals surface area contributed by atoms with E-state index in [1.165, 1.54) is 0 Å². The van der Waals surface area contributed by atoms with Gasteiger partial charge in [-0.15, -0.1) is 0 Å². The van der Waals surface area contributed by atoms with Crippen LogP contribution in [-0.4, -0.2) is 60.9 Å². The number of fused-ring (bicyclic) bond motifs is 1. The summed E-state index contributed by atoms with van der Waals surface area (Å²) in [5.41, 5.74) is 1.05. The molecule has 0 aromatic carbocycles. The molecule has 1 aliphatic carbocycles. The normalized spacial score (nSPS) is 27.7. The van der Waals surface area contributed by atoms with Crippen LogP contribution >= 0.6 is 0 Å². The highest BCUT2D eigenvalue weighted by Crippen LogP contribution is 2.32. The van der Waals surface area contributed by atoms with Gasteiger partial charge in [0.2, 0.25) is 5.91 Å². The molecule has 0 radical (unpaired) electrons. The lowest BCUT2D eigenvalue weighted by Crippen LogP contribution is -2.54. The average molecular weight is 306 g/mol. The molecule has 6 nitrogen and oxygen atoms in total. The fraction of sp³-hybridized carbons (Fsp3) is 0.625. The van der Waals surface area contributed by atoms with Gasteiger partial charge in [0.05, 0.1) is 25.4 Å². The number of amides is 1. The van der Waals surface area contributed by atoms with Crippen molar-refractivity contribution in [1.29, 1.82) is 0 Å². The van der Waals surface area contributed by atoms with Gasteiger partial charge >= 0.3 is 0 Å². The van der Waals surface area contributed by atoms with Crippen molar-refractivity contribution < 1.29 is 19.0 Å². The van der Waals surface area contributed by atoms with Crippen molar-refractivity contribution in [3.63, 3.8) is 0 Å². The molecule has 0 unspecified atom stereocenters. The van der Waals surface area contributed by atoms with Gasteiger partial charge in [0.1, 0.15) is 12.7 Å². The van der Waals surface area contributed by atoms with Crippen LogP contribution < -0.4 is 0 Å². The number of carbonyl (C=O) groups excluding carboxylic acids is 1. The molecule has 1 aromatic rings. The van der Waals surface area contributed by atoms with Gasteiger partial charge in [0, 0.05) is 26.0 Å². The Bertz CT molecular complexity index is 496. The van der Waals surface area contributed by atoms with Crippen LogP contribution in [0.4, 0.5) is 0 Å². The van der Waals surface area contributed by atoms with Crippen LogP contribution in [0.2, 0.25) is 0 Å². The van der Waals surface area contributed by atoms with Crippen LogP contribution in [0, 0.1) is 0 Å². The Morgan fingerprint density at radius 2 is 2.41 bits per heavy atom. The Kier molecular flexibility index (Phi) is 5.02. The number of methoxy groups -OCH3 is 1. The molecule has 0 N–H and O–H groups in total. The molecule has 0 bridgehead atoms. The number of ether oxygens (including phenoxy) is 3. The van der Waals surface area contributed by atoms with Crippen LogP contribution in [0.25, 0.3) is 0 Å². The van der Waals surface area contributed by atoms with Crippen LogP contribution in [0.3, 0.4) is 0 Å². The van der Waals surface area contributed by atoms with Crippen LogP contribution in [0.5, 0.6) is 0 Å². The molecule has 2 heterocycles. The molecule has 6 heteroatoms. The molecule has 22 heavy (non-hydrogen) atoms. The van der Waals surface area contributed by atoms with Crippen molar-refractivity contribution in [2.45, 2.75) is 37.7 Å². The second kappa shape index (κ2) is 7.17. The zero-order chi connectivity index (χ0) is 15.4. The quantitative estimate of drug-likeness (QED) is 0.812. The van der Waals surface area contributed by atoms with Crippen molar-refractivity contribution >= 4 is 5.91 Å². The van der Waals surface area contributed by atoms with Crippen molar-refractivity contribution in [2.24, 2.45) is 0 Å². The van der Waals surface area contributed by atoms with Gasteiger partial charge in [-0.05, 0) is 24.5 Å². The van der Waals surface area contributed by atoms with Gasteiger partial charge in [-0.3, -0.25) is 9.78 Å². The Balaban J connectivity index is 1.59. The average Bonchev–Trinajstić information content (AvgIpc) is 2.97. The van der Waals surface area contributed by atoms with E-state index in [0.717, 1.165) is 18.4 Å². The summed E-state index contributed by atoms with van der Waals surface area (Å²) in [4.78, 5) is 18.1. The second-order valence-corrected chi connectivity index (χ2v) is 5.71. The molecule has 1 amide bonds. The molecular formula is C16H22N2O4. The largest absolute Gasteiger partial charge is 0.375 e. The van der Waals surface area contributed by atoms with Crippen LogP contribution in [0.15, 0.2) is 24.5 Å². The summed E-state index contributed by atoms with van der Waals surface area (Å²) in [6.45, 7) is 1.85. The first-order valence-electron chi connectivity index (χ1n) is 7.70. The third-order valence-electron chi connectivity index (χ3n) is 4.31. The number of rotatable bonds is 5. The molecule has 2 aliphatic rings.